The van der Waals surface area contributed by atoms with Crippen LogP contribution in [0, 0.1) is 5.92 Å². The van der Waals surface area contributed by atoms with Crippen molar-refractivity contribution in [3.8, 4) is 0 Å². The average Bonchev–Trinajstić information content (AvgIpc) is 2.94. The smallest absolute Gasteiger partial charge is 0.313 e. The van der Waals surface area contributed by atoms with E-state index < -0.39 is 5.97 Å². The predicted molar refractivity (Wildman–Crippen MR) is 74.7 cm³/mol. The van der Waals surface area contributed by atoms with E-state index in [4.69, 9.17) is 5.11 Å². The van der Waals surface area contributed by atoms with Gasteiger partial charge in [0.2, 0.25) is 5.95 Å². The van der Waals surface area contributed by atoms with Gasteiger partial charge in [0.1, 0.15) is 0 Å². The molecule has 1 aromatic rings. The van der Waals surface area contributed by atoms with Gasteiger partial charge in [0, 0.05) is 19.6 Å². The molecule has 1 unspecified atom stereocenters. The van der Waals surface area contributed by atoms with Crippen LogP contribution in [-0.4, -0.2) is 44.7 Å². The van der Waals surface area contributed by atoms with Gasteiger partial charge in [-0.15, -0.1) is 10.2 Å². The third-order valence-electron chi connectivity index (χ3n) is 3.18. The predicted octanol–water partition coefficient (Wildman–Crippen LogP) is 1.71. The van der Waals surface area contributed by atoms with Gasteiger partial charge in [0.05, 0.1) is 5.75 Å². The minimum atomic E-state index is -0.826. The van der Waals surface area contributed by atoms with Crippen LogP contribution in [0.5, 0.6) is 0 Å². The molecule has 7 heteroatoms. The quantitative estimate of drug-likeness (QED) is 0.802. The highest BCUT2D eigenvalue weighted by molar-refractivity contribution is 7.99. The molecular formula is C12H20N4O2S. The highest BCUT2D eigenvalue weighted by atomic mass is 32.2. The van der Waals surface area contributed by atoms with Crippen LogP contribution >= 0.6 is 11.8 Å². The lowest BCUT2D eigenvalue weighted by atomic mass is 10.2. The summed E-state index contributed by atoms with van der Waals surface area (Å²) in [6, 6.07) is 0. The fourth-order valence-electron chi connectivity index (χ4n) is 2.28. The van der Waals surface area contributed by atoms with E-state index >= 15 is 0 Å². The minimum Gasteiger partial charge on any atom is -0.481 e. The van der Waals surface area contributed by atoms with Crippen molar-refractivity contribution < 1.29 is 9.90 Å². The van der Waals surface area contributed by atoms with Crippen molar-refractivity contribution in [1.82, 2.24) is 14.8 Å². The van der Waals surface area contributed by atoms with E-state index in [-0.39, 0.29) is 5.75 Å². The molecule has 6 nitrogen and oxygen atoms in total. The van der Waals surface area contributed by atoms with Crippen molar-refractivity contribution in [2.45, 2.75) is 38.4 Å². The Labute approximate surface area is 117 Å². The summed E-state index contributed by atoms with van der Waals surface area (Å²) in [5.74, 6) is 0.770. The summed E-state index contributed by atoms with van der Waals surface area (Å²) in [5.41, 5.74) is 0. The number of hydrogen-bond acceptors (Lipinski definition) is 5. The topological polar surface area (TPSA) is 71.2 Å². The monoisotopic (exact) mass is 284 g/mol. The Hall–Kier alpha value is -1.24. The molecule has 1 saturated heterocycles. The number of hydrogen-bond donors (Lipinski definition) is 1. The van der Waals surface area contributed by atoms with Gasteiger partial charge in [-0.25, -0.2) is 0 Å². The van der Waals surface area contributed by atoms with E-state index in [1.54, 1.807) is 0 Å². The molecule has 0 radical (unpaired) electrons. The van der Waals surface area contributed by atoms with Gasteiger partial charge in [0.15, 0.2) is 5.16 Å². The second kappa shape index (κ2) is 6.27. The summed E-state index contributed by atoms with van der Waals surface area (Å²) >= 11 is 1.24. The molecule has 1 aliphatic heterocycles. The van der Waals surface area contributed by atoms with Gasteiger partial charge in [-0.2, -0.15) is 0 Å². The van der Waals surface area contributed by atoms with Crippen molar-refractivity contribution in [1.29, 1.82) is 0 Å². The molecule has 1 atom stereocenters. The molecular weight excluding hydrogens is 264 g/mol. The van der Waals surface area contributed by atoms with Gasteiger partial charge in [-0.3, -0.25) is 9.36 Å². The Morgan fingerprint density at radius 1 is 1.53 bits per heavy atom. The Morgan fingerprint density at radius 3 is 2.89 bits per heavy atom. The fraction of sp³-hybridized carbons (Fsp3) is 0.750. The van der Waals surface area contributed by atoms with Gasteiger partial charge >= 0.3 is 5.97 Å². The zero-order valence-electron chi connectivity index (χ0n) is 11.4. The second-order valence-electron chi connectivity index (χ2n) is 4.96. The third-order valence-corrected chi connectivity index (χ3v) is 4.13. The summed E-state index contributed by atoms with van der Waals surface area (Å²) in [4.78, 5) is 12.9. The van der Waals surface area contributed by atoms with Crippen LogP contribution in [0.1, 0.15) is 26.7 Å². The molecule has 2 heterocycles. The van der Waals surface area contributed by atoms with E-state index in [1.807, 2.05) is 4.57 Å². The SMILES string of the molecule is CCCn1c(SCC(=O)O)nnc1N1CCC(C)C1. The maximum absolute atomic E-state index is 10.7. The molecule has 1 fully saturated rings. The number of thioether (sulfide) groups is 1. The first-order valence-electron chi connectivity index (χ1n) is 6.64. The van der Waals surface area contributed by atoms with Gasteiger partial charge in [-0.05, 0) is 18.8 Å². The summed E-state index contributed by atoms with van der Waals surface area (Å²) < 4.78 is 2.05. The van der Waals surface area contributed by atoms with Crippen molar-refractivity contribution in [2.75, 3.05) is 23.7 Å². The first-order chi connectivity index (χ1) is 9.11. The zero-order chi connectivity index (χ0) is 13.8. The molecule has 0 spiro atoms. The van der Waals surface area contributed by atoms with Crippen molar-refractivity contribution in [3.05, 3.63) is 0 Å². The van der Waals surface area contributed by atoms with Crippen LogP contribution in [-0.2, 0) is 11.3 Å². The van der Waals surface area contributed by atoms with Crippen LogP contribution < -0.4 is 4.90 Å². The summed E-state index contributed by atoms with van der Waals surface area (Å²) in [7, 11) is 0. The van der Waals surface area contributed by atoms with Gasteiger partial charge in [-0.1, -0.05) is 25.6 Å². The fourth-order valence-corrected chi connectivity index (χ4v) is 2.96. The van der Waals surface area contributed by atoms with E-state index in [0.29, 0.717) is 11.1 Å². The standard InChI is InChI=1S/C12H20N4O2S/c1-3-5-16-11(15-6-4-9(2)7-15)13-14-12(16)19-8-10(17)18/h9H,3-8H2,1-2H3,(H,17,18). The van der Waals surface area contributed by atoms with E-state index in [2.05, 4.69) is 28.9 Å². The molecule has 2 rings (SSSR count). The molecule has 0 amide bonds. The molecule has 0 bridgehead atoms. The normalized spacial score (nSPS) is 19.1. The molecule has 0 aliphatic carbocycles. The molecule has 0 saturated carbocycles. The Kier molecular flexibility index (Phi) is 4.68. The van der Waals surface area contributed by atoms with Crippen LogP contribution in [0.15, 0.2) is 5.16 Å². The molecule has 106 valence electrons. The zero-order valence-corrected chi connectivity index (χ0v) is 12.2. The van der Waals surface area contributed by atoms with Gasteiger partial charge in [0.25, 0.3) is 0 Å². The van der Waals surface area contributed by atoms with Crippen LogP contribution in [0.3, 0.4) is 0 Å². The summed E-state index contributed by atoms with van der Waals surface area (Å²) in [6.07, 6.45) is 2.16. The average molecular weight is 284 g/mol. The van der Waals surface area contributed by atoms with Crippen LogP contribution in [0.4, 0.5) is 5.95 Å². The molecule has 0 aromatic carbocycles. The maximum atomic E-state index is 10.7. The minimum absolute atomic E-state index is 0.0260. The number of aliphatic carboxylic acids is 1. The molecule has 1 N–H and O–H groups in total. The number of anilines is 1. The van der Waals surface area contributed by atoms with Crippen LogP contribution in [0.2, 0.25) is 0 Å². The lowest BCUT2D eigenvalue weighted by Gasteiger charge is -2.18. The number of carboxylic acid groups (broad SMARTS) is 1. The number of carbonyl (C=O) groups is 1. The number of rotatable bonds is 6. The summed E-state index contributed by atoms with van der Waals surface area (Å²) in [5, 5.41) is 17.9. The first kappa shape index (κ1) is 14.2. The number of carboxylic acids is 1. The Morgan fingerprint density at radius 2 is 2.32 bits per heavy atom. The Balaban J connectivity index is 2.16. The highest BCUT2D eigenvalue weighted by Crippen LogP contribution is 2.26. The molecule has 1 aromatic heterocycles. The van der Waals surface area contributed by atoms with Crippen molar-refractivity contribution in [2.24, 2.45) is 5.92 Å². The highest BCUT2D eigenvalue weighted by Gasteiger charge is 2.24. The molecule has 1 aliphatic rings. The lowest BCUT2D eigenvalue weighted by Crippen LogP contribution is -2.23. The second-order valence-corrected chi connectivity index (χ2v) is 5.90. The van der Waals surface area contributed by atoms with Crippen molar-refractivity contribution >= 4 is 23.7 Å². The van der Waals surface area contributed by atoms with E-state index in [1.165, 1.54) is 18.2 Å². The number of nitrogens with zero attached hydrogens (tertiary/aromatic N) is 4. The lowest BCUT2D eigenvalue weighted by molar-refractivity contribution is -0.133. The third kappa shape index (κ3) is 3.40. The molecule has 19 heavy (non-hydrogen) atoms. The number of aromatic nitrogens is 3. The van der Waals surface area contributed by atoms with Crippen molar-refractivity contribution in [3.63, 3.8) is 0 Å². The maximum Gasteiger partial charge on any atom is 0.313 e. The Bertz CT molecular complexity index is 449. The van der Waals surface area contributed by atoms with E-state index in [9.17, 15) is 4.79 Å². The first-order valence-corrected chi connectivity index (χ1v) is 7.63. The largest absolute Gasteiger partial charge is 0.481 e. The van der Waals surface area contributed by atoms with Gasteiger partial charge < -0.3 is 10.0 Å². The summed E-state index contributed by atoms with van der Waals surface area (Å²) in [6.45, 7) is 7.18. The van der Waals surface area contributed by atoms with E-state index in [0.717, 1.165) is 32.0 Å². The van der Waals surface area contributed by atoms with Crippen LogP contribution in [0.25, 0.3) is 0 Å².